The van der Waals surface area contributed by atoms with E-state index >= 15 is 0 Å². The topological polar surface area (TPSA) is 69.4 Å². The van der Waals surface area contributed by atoms with Gasteiger partial charge in [-0.1, -0.05) is 29.3 Å². The highest BCUT2D eigenvalue weighted by molar-refractivity contribution is 9.10. The second-order valence-electron chi connectivity index (χ2n) is 3.80. The molecule has 21 heavy (non-hydrogen) atoms. The standard InChI is InChI=1S/C12H6BrCl2NO4S/c13-11-7(16(18)19)2-1-3-9(11)20-5-8(17)6-4-10(14)21-12(6)15/h1-4H,5H2. The summed E-state index contributed by atoms with van der Waals surface area (Å²) in [7, 11) is 0. The van der Waals surface area contributed by atoms with Gasteiger partial charge in [0.2, 0.25) is 5.78 Å². The van der Waals surface area contributed by atoms with Crippen LogP contribution in [0.1, 0.15) is 10.4 Å². The van der Waals surface area contributed by atoms with Crippen LogP contribution in [0.4, 0.5) is 5.69 Å². The zero-order chi connectivity index (χ0) is 15.6. The quantitative estimate of drug-likeness (QED) is 0.395. The van der Waals surface area contributed by atoms with Crippen molar-refractivity contribution in [3.63, 3.8) is 0 Å². The lowest BCUT2D eigenvalue weighted by Gasteiger charge is -2.07. The number of Topliss-reactive ketones (excluding diaryl/α,β-unsaturated/α-hetero) is 1. The molecule has 2 rings (SSSR count). The van der Waals surface area contributed by atoms with Crippen molar-refractivity contribution in [3.05, 3.63) is 53.1 Å². The summed E-state index contributed by atoms with van der Waals surface area (Å²) in [4.78, 5) is 22.2. The van der Waals surface area contributed by atoms with Crippen LogP contribution >= 0.6 is 50.5 Å². The van der Waals surface area contributed by atoms with Gasteiger partial charge in [0.15, 0.2) is 6.61 Å². The second-order valence-corrected chi connectivity index (χ2v) is 6.87. The van der Waals surface area contributed by atoms with Crippen LogP contribution in [0.3, 0.4) is 0 Å². The maximum Gasteiger partial charge on any atom is 0.287 e. The summed E-state index contributed by atoms with van der Waals surface area (Å²) in [6.07, 6.45) is 0. The number of thiophene rings is 1. The maximum absolute atomic E-state index is 12.0. The Hall–Kier alpha value is -1.15. The molecule has 0 aliphatic heterocycles. The van der Waals surface area contributed by atoms with E-state index in [1.165, 1.54) is 24.3 Å². The van der Waals surface area contributed by atoms with E-state index in [-0.39, 0.29) is 38.2 Å². The minimum atomic E-state index is -0.547. The van der Waals surface area contributed by atoms with Crippen molar-refractivity contribution in [1.29, 1.82) is 0 Å². The van der Waals surface area contributed by atoms with Crippen molar-refractivity contribution in [1.82, 2.24) is 0 Å². The molecule has 0 fully saturated rings. The minimum absolute atomic E-state index is 0.142. The third-order valence-corrected chi connectivity index (χ3v) is 4.74. The smallest absolute Gasteiger partial charge is 0.287 e. The maximum atomic E-state index is 12.0. The predicted octanol–water partition coefficient (Wildman–Crippen LogP) is 4.99. The van der Waals surface area contributed by atoms with E-state index in [9.17, 15) is 14.9 Å². The average Bonchev–Trinajstić information content (AvgIpc) is 2.76. The Bertz CT molecular complexity index is 719. The number of benzene rings is 1. The number of ether oxygens (including phenoxy) is 1. The number of rotatable bonds is 5. The van der Waals surface area contributed by atoms with Gasteiger partial charge >= 0.3 is 0 Å². The molecule has 0 atom stereocenters. The monoisotopic (exact) mass is 409 g/mol. The van der Waals surface area contributed by atoms with Crippen LogP contribution in [0, 0.1) is 10.1 Å². The molecule has 0 saturated heterocycles. The Kier molecular flexibility index (Phi) is 5.21. The van der Waals surface area contributed by atoms with Gasteiger partial charge in [-0.15, -0.1) is 11.3 Å². The lowest BCUT2D eigenvalue weighted by molar-refractivity contribution is -0.385. The first-order valence-electron chi connectivity index (χ1n) is 5.44. The molecule has 0 amide bonds. The fraction of sp³-hybridized carbons (Fsp3) is 0.0833. The van der Waals surface area contributed by atoms with E-state index < -0.39 is 4.92 Å². The molecule has 0 spiro atoms. The molecule has 0 N–H and O–H groups in total. The van der Waals surface area contributed by atoms with Gasteiger partial charge in [-0.25, -0.2) is 0 Å². The molecule has 0 aliphatic rings. The number of nitro benzene ring substituents is 1. The molecule has 5 nitrogen and oxygen atoms in total. The average molecular weight is 411 g/mol. The number of ketones is 1. The van der Waals surface area contributed by atoms with Crippen LogP contribution in [0.15, 0.2) is 28.7 Å². The van der Waals surface area contributed by atoms with Crippen molar-refractivity contribution >= 4 is 61.9 Å². The first kappa shape index (κ1) is 16.2. The summed E-state index contributed by atoms with van der Waals surface area (Å²) in [6, 6.07) is 5.78. The summed E-state index contributed by atoms with van der Waals surface area (Å²) >= 11 is 15.8. The third kappa shape index (κ3) is 3.74. The van der Waals surface area contributed by atoms with Gasteiger partial charge in [0.1, 0.15) is 14.6 Å². The molecule has 0 aliphatic carbocycles. The van der Waals surface area contributed by atoms with Crippen molar-refractivity contribution in [2.24, 2.45) is 0 Å². The first-order chi connectivity index (χ1) is 9.90. The normalized spacial score (nSPS) is 10.4. The Labute approximate surface area is 141 Å². The van der Waals surface area contributed by atoms with Crippen LogP contribution in [0.2, 0.25) is 8.67 Å². The van der Waals surface area contributed by atoms with E-state index in [0.29, 0.717) is 4.34 Å². The van der Waals surface area contributed by atoms with E-state index in [4.69, 9.17) is 27.9 Å². The number of carbonyl (C=O) groups excluding carboxylic acids is 1. The molecular weight excluding hydrogens is 405 g/mol. The number of halogens is 3. The predicted molar refractivity (Wildman–Crippen MR) is 85.0 cm³/mol. The third-order valence-electron chi connectivity index (χ3n) is 2.46. The summed E-state index contributed by atoms with van der Waals surface area (Å²) in [5, 5.41) is 10.8. The summed E-state index contributed by atoms with van der Waals surface area (Å²) in [6.45, 7) is -0.299. The highest BCUT2D eigenvalue weighted by Gasteiger charge is 2.18. The summed E-state index contributed by atoms with van der Waals surface area (Å²) in [5.74, 6) is -0.156. The van der Waals surface area contributed by atoms with Crippen molar-refractivity contribution in [3.8, 4) is 5.75 Å². The highest BCUT2D eigenvalue weighted by Crippen LogP contribution is 2.34. The lowest BCUT2D eigenvalue weighted by Crippen LogP contribution is -2.11. The van der Waals surface area contributed by atoms with Crippen LogP contribution < -0.4 is 4.74 Å². The van der Waals surface area contributed by atoms with Crippen LogP contribution in [-0.2, 0) is 0 Å². The number of carbonyl (C=O) groups is 1. The van der Waals surface area contributed by atoms with Crippen molar-refractivity contribution < 1.29 is 14.5 Å². The van der Waals surface area contributed by atoms with Crippen LogP contribution in [-0.4, -0.2) is 17.3 Å². The minimum Gasteiger partial charge on any atom is -0.484 e. The van der Waals surface area contributed by atoms with Crippen LogP contribution in [0.25, 0.3) is 0 Å². The van der Waals surface area contributed by atoms with Crippen molar-refractivity contribution in [2.45, 2.75) is 0 Å². The Morgan fingerprint density at radius 1 is 1.43 bits per heavy atom. The molecule has 1 aromatic heterocycles. The lowest BCUT2D eigenvalue weighted by atomic mass is 10.2. The van der Waals surface area contributed by atoms with Gasteiger partial charge in [-0.3, -0.25) is 14.9 Å². The number of nitro groups is 1. The van der Waals surface area contributed by atoms with Crippen LogP contribution in [0.5, 0.6) is 5.75 Å². The molecule has 1 heterocycles. The largest absolute Gasteiger partial charge is 0.484 e. The molecule has 0 radical (unpaired) electrons. The van der Waals surface area contributed by atoms with Gasteiger partial charge in [0.05, 0.1) is 14.8 Å². The van der Waals surface area contributed by atoms with E-state index in [1.54, 1.807) is 0 Å². The summed E-state index contributed by atoms with van der Waals surface area (Å²) in [5.41, 5.74) is 0.129. The van der Waals surface area contributed by atoms with Gasteiger partial charge < -0.3 is 4.74 Å². The van der Waals surface area contributed by atoms with Gasteiger partial charge in [-0.05, 0) is 28.1 Å². The van der Waals surface area contributed by atoms with Gasteiger partial charge in [-0.2, -0.15) is 0 Å². The van der Waals surface area contributed by atoms with E-state index in [1.807, 2.05) is 0 Å². The fourth-order valence-corrected chi connectivity index (χ4v) is 3.53. The Morgan fingerprint density at radius 2 is 2.14 bits per heavy atom. The number of hydrogen-bond acceptors (Lipinski definition) is 5. The SMILES string of the molecule is O=C(COc1cccc([N+](=O)[O-])c1Br)c1cc(Cl)sc1Cl. The Morgan fingerprint density at radius 3 is 2.71 bits per heavy atom. The summed E-state index contributed by atoms with van der Waals surface area (Å²) < 4.78 is 6.17. The van der Waals surface area contributed by atoms with Crippen molar-refractivity contribution in [2.75, 3.05) is 6.61 Å². The highest BCUT2D eigenvalue weighted by atomic mass is 79.9. The zero-order valence-electron chi connectivity index (χ0n) is 10.1. The van der Waals surface area contributed by atoms with Gasteiger partial charge in [0, 0.05) is 6.07 Å². The van der Waals surface area contributed by atoms with E-state index in [2.05, 4.69) is 15.9 Å². The fourth-order valence-electron chi connectivity index (χ4n) is 1.50. The van der Waals surface area contributed by atoms with Gasteiger partial charge in [0.25, 0.3) is 5.69 Å². The number of hydrogen-bond donors (Lipinski definition) is 0. The molecule has 1 aromatic carbocycles. The molecule has 110 valence electrons. The molecule has 2 aromatic rings. The number of nitrogens with zero attached hydrogens (tertiary/aromatic N) is 1. The molecule has 0 unspecified atom stereocenters. The molecule has 0 saturated carbocycles. The Balaban J connectivity index is 2.13. The molecular formula is C12H6BrCl2NO4S. The molecule has 0 bridgehead atoms. The first-order valence-corrected chi connectivity index (χ1v) is 7.80. The zero-order valence-corrected chi connectivity index (χ0v) is 14.1. The second kappa shape index (κ2) is 6.74. The molecule has 9 heteroatoms. The van der Waals surface area contributed by atoms with E-state index in [0.717, 1.165) is 11.3 Å².